The third-order valence-corrected chi connectivity index (χ3v) is 3.04. The molecule has 18 heavy (non-hydrogen) atoms. The van der Waals surface area contributed by atoms with Gasteiger partial charge in [0.05, 0.1) is 10.2 Å². The molecule has 0 atom stereocenters. The molecule has 2 heterocycles. The Morgan fingerprint density at radius 3 is 2.83 bits per heavy atom. The number of aromatic nitrogens is 4. The van der Waals surface area contributed by atoms with Crippen LogP contribution in [0.1, 0.15) is 23.1 Å². The minimum absolute atomic E-state index is 0.131. The standard InChI is InChI=1S/C12H13BrN4O/c1-3-17-8-9(13)10(15-17)4-5-12(18)11-6-7-16(2)14-11/h4-8H,3H2,1-2H3/b5-4+. The minimum Gasteiger partial charge on any atom is -0.287 e. The van der Waals surface area contributed by atoms with Crippen molar-refractivity contribution >= 4 is 27.8 Å². The highest BCUT2D eigenvalue weighted by Gasteiger charge is 2.06. The van der Waals surface area contributed by atoms with E-state index in [2.05, 4.69) is 26.1 Å². The summed E-state index contributed by atoms with van der Waals surface area (Å²) in [6.07, 6.45) is 6.79. The fourth-order valence-corrected chi connectivity index (χ4v) is 1.92. The number of allylic oxidation sites excluding steroid dienone is 1. The van der Waals surface area contributed by atoms with Gasteiger partial charge in [0, 0.05) is 26.0 Å². The molecule has 0 radical (unpaired) electrons. The van der Waals surface area contributed by atoms with Crippen LogP contribution in [0.3, 0.4) is 0 Å². The monoisotopic (exact) mass is 308 g/mol. The topological polar surface area (TPSA) is 52.7 Å². The molecule has 0 saturated heterocycles. The number of nitrogens with zero attached hydrogens (tertiary/aromatic N) is 4. The molecule has 0 aliphatic carbocycles. The molecule has 2 aromatic heterocycles. The van der Waals surface area contributed by atoms with Crippen LogP contribution in [0, 0.1) is 0 Å². The average molecular weight is 309 g/mol. The fourth-order valence-electron chi connectivity index (χ4n) is 1.47. The predicted molar refractivity (Wildman–Crippen MR) is 72.2 cm³/mol. The number of rotatable bonds is 4. The maximum Gasteiger partial charge on any atom is 0.206 e. The molecule has 2 aromatic rings. The quantitative estimate of drug-likeness (QED) is 0.643. The Hall–Kier alpha value is -1.69. The van der Waals surface area contributed by atoms with E-state index in [-0.39, 0.29) is 5.78 Å². The second-order valence-electron chi connectivity index (χ2n) is 3.79. The highest BCUT2D eigenvalue weighted by molar-refractivity contribution is 9.10. The van der Waals surface area contributed by atoms with Crippen molar-refractivity contribution in [1.82, 2.24) is 19.6 Å². The Kier molecular flexibility index (Phi) is 3.76. The van der Waals surface area contributed by atoms with Crippen molar-refractivity contribution in [1.29, 1.82) is 0 Å². The number of carbonyl (C=O) groups is 1. The minimum atomic E-state index is -0.131. The van der Waals surface area contributed by atoms with Crippen LogP contribution >= 0.6 is 15.9 Å². The van der Waals surface area contributed by atoms with Gasteiger partial charge in [-0.25, -0.2) is 0 Å². The third-order valence-electron chi connectivity index (χ3n) is 2.43. The molecule has 0 fully saturated rings. The first-order chi connectivity index (χ1) is 8.60. The van der Waals surface area contributed by atoms with Crippen molar-refractivity contribution in [3.05, 3.63) is 40.4 Å². The number of ketones is 1. The molecular weight excluding hydrogens is 296 g/mol. The molecule has 0 saturated carbocycles. The molecule has 6 heteroatoms. The molecule has 5 nitrogen and oxygen atoms in total. The lowest BCUT2D eigenvalue weighted by molar-refractivity contribution is 0.104. The van der Waals surface area contributed by atoms with Crippen molar-refractivity contribution in [2.75, 3.05) is 0 Å². The van der Waals surface area contributed by atoms with Crippen LogP contribution in [-0.4, -0.2) is 25.3 Å². The summed E-state index contributed by atoms with van der Waals surface area (Å²) in [5.74, 6) is -0.131. The molecule has 0 N–H and O–H groups in total. The molecule has 2 rings (SSSR count). The first-order valence-electron chi connectivity index (χ1n) is 5.55. The lowest BCUT2D eigenvalue weighted by Crippen LogP contribution is -1.98. The van der Waals surface area contributed by atoms with Crippen LogP contribution < -0.4 is 0 Å². The van der Waals surface area contributed by atoms with Crippen molar-refractivity contribution in [3.8, 4) is 0 Å². The number of halogens is 1. The Balaban J connectivity index is 2.15. The Labute approximate surface area is 113 Å². The maximum atomic E-state index is 11.8. The van der Waals surface area contributed by atoms with E-state index in [0.29, 0.717) is 5.69 Å². The summed E-state index contributed by atoms with van der Waals surface area (Å²) < 4.78 is 4.27. The van der Waals surface area contributed by atoms with Gasteiger partial charge in [0.15, 0.2) is 0 Å². The summed E-state index contributed by atoms with van der Waals surface area (Å²) in [4.78, 5) is 11.8. The van der Waals surface area contributed by atoms with E-state index in [1.165, 1.54) is 6.08 Å². The van der Waals surface area contributed by atoms with Crippen molar-refractivity contribution in [2.45, 2.75) is 13.5 Å². The van der Waals surface area contributed by atoms with Crippen molar-refractivity contribution < 1.29 is 4.79 Å². The number of carbonyl (C=O) groups excluding carboxylic acids is 1. The normalized spacial score (nSPS) is 11.3. The Morgan fingerprint density at radius 2 is 2.28 bits per heavy atom. The lowest BCUT2D eigenvalue weighted by Gasteiger charge is -1.90. The highest BCUT2D eigenvalue weighted by atomic mass is 79.9. The zero-order valence-corrected chi connectivity index (χ0v) is 11.8. The molecule has 0 aliphatic heterocycles. The van der Waals surface area contributed by atoms with Gasteiger partial charge in [-0.05, 0) is 41.1 Å². The molecular formula is C12H13BrN4O. The van der Waals surface area contributed by atoms with Gasteiger partial charge in [-0.2, -0.15) is 10.2 Å². The molecule has 0 amide bonds. The molecule has 0 aliphatic rings. The highest BCUT2D eigenvalue weighted by Crippen LogP contribution is 2.16. The van der Waals surface area contributed by atoms with Crippen LogP contribution in [0.15, 0.2) is 29.0 Å². The van der Waals surface area contributed by atoms with Gasteiger partial charge in [0.1, 0.15) is 5.69 Å². The first-order valence-corrected chi connectivity index (χ1v) is 6.34. The van der Waals surface area contributed by atoms with Crippen molar-refractivity contribution in [2.24, 2.45) is 7.05 Å². The molecule has 0 bridgehead atoms. The van der Waals surface area contributed by atoms with Crippen LogP contribution in [0.4, 0.5) is 0 Å². The van der Waals surface area contributed by atoms with Crippen LogP contribution in [0.5, 0.6) is 0 Å². The lowest BCUT2D eigenvalue weighted by atomic mass is 10.2. The van der Waals surface area contributed by atoms with Gasteiger partial charge in [-0.1, -0.05) is 0 Å². The molecule has 94 valence electrons. The number of aryl methyl sites for hydroxylation is 2. The largest absolute Gasteiger partial charge is 0.287 e. The van der Waals surface area contributed by atoms with Crippen LogP contribution in [0.25, 0.3) is 6.08 Å². The van der Waals surface area contributed by atoms with Gasteiger partial charge in [-0.3, -0.25) is 14.2 Å². The number of hydrogen-bond acceptors (Lipinski definition) is 3. The number of hydrogen-bond donors (Lipinski definition) is 0. The van der Waals surface area contributed by atoms with E-state index in [9.17, 15) is 4.79 Å². The Morgan fingerprint density at radius 1 is 1.50 bits per heavy atom. The van der Waals surface area contributed by atoms with E-state index < -0.39 is 0 Å². The summed E-state index contributed by atoms with van der Waals surface area (Å²) in [5, 5.41) is 8.35. The summed E-state index contributed by atoms with van der Waals surface area (Å²) in [6, 6.07) is 1.69. The summed E-state index contributed by atoms with van der Waals surface area (Å²) in [6.45, 7) is 2.80. The van der Waals surface area contributed by atoms with E-state index in [1.54, 1.807) is 34.8 Å². The van der Waals surface area contributed by atoms with Gasteiger partial charge < -0.3 is 0 Å². The van der Waals surface area contributed by atoms with Gasteiger partial charge >= 0.3 is 0 Å². The van der Waals surface area contributed by atoms with Crippen molar-refractivity contribution in [3.63, 3.8) is 0 Å². The SMILES string of the molecule is CCn1cc(Br)c(/C=C/C(=O)c2ccn(C)n2)n1. The van der Waals surface area contributed by atoms with Gasteiger partial charge in [0.2, 0.25) is 5.78 Å². The first kappa shape index (κ1) is 12.8. The van der Waals surface area contributed by atoms with E-state index >= 15 is 0 Å². The molecule has 0 unspecified atom stereocenters. The summed E-state index contributed by atoms with van der Waals surface area (Å²) >= 11 is 3.40. The fraction of sp³-hybridized carbons (Fsp3) is 0.250. The van der Waals surface area contributed by atoms with Gasteiger partial charge in [-0.15, -0.1) is 0 Å². The van der Waals surface area contributed by atoms with E-state index in [4.69, 9.17) is 0 Å². The maximum absolute atomic E-state index is 11.8. The zero-order valence-electron chi connectivity index (χ0n) is 10.2. The summed E-state index contributed by atoms with van der Waals surface area (Å²) in [5.41, 5.74) is 1.17. The van der Waals surface area contributed by atoms with Crippen LogP contribution in [0.2, 0.25) is 0 Å². The Bertz CT molecular complexity index is 597. The van der Waals surface area contributed by atoms with E-state index in [1.807, 2.05) is 13.1 Å². The van der Waals surface area contributed by atoms with E-state index in [0.717, 1.165) is 16.7 Å². The smallest absolute Gasteiger partial charge is 0.206 e. The molecule has 0 aromatic carbocycles. The third kappa shape index (κ3) is 2.76. The summed E-state index contributed by atoms with van der Waals surface area (Å²) in [7, 11) is 1.78. The predicted octanol–water partition coefficient (Wildman–Crippen LogP) is 2.30. The average Bonchev–Trinajstić information content (AvgIpc) is 2.92. The second kappa shape index (κ2) is 5.30. The second-order valence-corrected chi connectivity index (χ2v) is 4.64. The van der Waals surface area contributed by atoms with Gasteiger partial charge in [0.25, 0.3) is 0 Å². The van der Waals surface area contributed by atoms with Crippen LogP contribution in [-0.2, 0) is 13.6 Å². The zero-order chi connectivity index (χ0) is 13.1. The molecule has 0 spiro atoms.